The Morgan fingerprint density at radius 2 is 2.17 bits per heavy atom. The first-order valence-electron chi connectivity index (χ1n) is 9.34. The summed E-state index contributed by atoms with van der Waals surface area (Å²) in [5, 5.41) is 20.6. The summed E-state index contributed by atoms with van der Waals surface area (Å²) in [4.78, 5) is 18.3. The quantitative estimate of drug-likeness (QED) is 0.691. The van der Waals surface area contributed by atoms with Crippen LogP contribution in [0, 0.1) is 6.92 Å². The highest BCUT2D eigenvalue weighted by atomic mass is 16.5. The number of hydrogen-bond donors (Lipinski definition) is 2. The summed E-state index contributed by atoms with van der Waals surface area (Å²) < 4.78 is 8.25. The lowest BCUT2D eigenvalue weighted by Gasteiger charge is -2.34. The van der Waals surface area contributed by atoms with Gasteiger partial charge in [-0.15, -0.1) is 4.68 Å². The van der Waals surface area contributed by atoms with Gasteiger partial charge in [0.2, 0.25) is 0 Å². The standard InChI is InChI=1S/C19H23N7O3/c1-12-10-21-24(3)18(12)14-8-15(22-16-4-5-20-26(16)19(27)28)23-17(9-14)25-6-7-29-11-13(25)2/h4-5,8-10,13H,6-7,11H2,1-3H3,(H,22,23)(H,27,28). The lowest BCUT2D eigenvalue weighted by Crippen LogP contribution is -2.44. The Bertz CT molecular complexity index is 1020. The molecule has 1 unspecified atom stereocenters. The first kappa shape index (κ1) is 18.9. The highest BCUT2D eigenvalue weighted by Gasteiger charge is 2.22. The smallest absolute Gasteiger partial charge is 0.434 e. The maximum Gasteiger partial charge on any atom is 0.434 e. The van der Waals surface area contributed by atoms with Crippen LogP contribution in [0.1, 0.15) is 12.5 Å². The lowest BCUT2D eigenvalue weighted by molar-refractivity contribution is 0.0985. The molecule has 3 aromatic heterocycles. The van der Waals surface area contributed by atoms with E-state index < -0.39 is 6.09 Å². The molecule has 152 valence electrons. The molecule has 0 spiro atoms. The van der Waals surface area contributed by atoms with E-state index in [0.717, 1.165) is 33.9 Å². The molecule has 1 aliphatic rings. The third-order valence-corrected chi connectivity index (χ3v) is 4.95. The van der Waals surface area contributed by atoms with Crippen LogP contribution in [0.25, 0.3) is 11.3 Å². The van der Waals surface area contributed by atoms with Gasteiger partial charge in [-0.1, -0.05) is 0 Å². The molecular formula is C19H23N7O3. The van der Waals surface area contributed by atoms with E-state index in [1.54, 1.807) is 6.07 Å². The van der Waals surface area contributed by atoms with Crippen molar-refractivity contribution in [2.45, 2.75) is 19.9 Å². The van der Waals surface area contributed by atoms with E-state index >= 15 is 0 Å². The molecular weight excluding hydrogens is 374 g/mol. The molecule has 1 aliphatic heterocycles. The van der Waals surface area contributed by atoms with E-state index in [1.807, 2.05) is 37.0 Å². The van der Waals surface area contributed by atoms with Crippen LogP contribution in [0.4, 0.5) is 22.2 Å². The normalized spacial score (nSPS) is 16.8. The number of aryl methyl sites for hydroxylation is 2. The molecule has 29 heavy (non-hydrogen) atoms. The van der Waals surface area contributed by atoms with E-state index in [4.69, 9.17) is 9.72 Å². The third kappa shape index (κ3) is 3.66. The predicted octanol–water partition coefficient (Wildman–Crippen LogP) is 2.48. The van der Waals surface area contributed by atoms with Crippen molar-refractivity contribution in [1.29, 1.82) is 0 Å². The van der Waals surface area contributed by atoms with Crippen molar-refractivity contribution >= 4 is 23.5 Å². The summed E-state index contributed by atoms with van der Waals surface area (Å²) in [7, 11) is 1.90. The molecule has 10 nitrogen and oxygen atoms in total. The van der Waals surface area contributed by atoms with E-state index in [0.29, 0.717) is 24.8 Å². The first-order valence-corrected chi connectivity index (χ1v) is 9.34. The summed E-state index contributed by atoms with van der Waals surface area (Å²) in [6.07, 6.45) is 2.08. The van der Waals surface area contributed by atoms with Crippen molar-refractivity contribution in [3.05, 3.63) is 36.2 Å². The van der Waals surface area contributed by atoms with Crippen LogP contribution in [-0.2, 0) is 11.8 Å². The van der Waals surface area contributed by atoms with Crippen LogP contribution in [0.3, 0.4) is 0 Å². The van der Waals surface area contributed by atoms with Gasteiger partial charge in [0.15, 0.2) is 0 Å². The fourth-order valence-corrected chi connectivity index (χ4v) is 3.57. The summed E-state index contributed by atoms with van der Waals surface area (Å²) >= 11 is 0. The molecule has 1 atom stereocenters. The van der Waals surface area contributed by atoms with Crippen LogP contribution in [0.2, 0.25) is 0 Å². The largest absolute Gasteiger partial charge is 0.463 e. The molecule has 10 heteroatoms. The summed E-state index contributed by atoms with van der Waals surface area (Å²) in [5.41, 5.74) is 2.96. The summed E-state index contributed by atoms with van der Waals surface area (Å²) in [6.45, 7) is 6.09. The number of nitrogens with zero attached hydrogens (tertiary/aromatic N) is 6. The van der Waals surface area contributed by atoms with Crippen molar-refractivity contribution < 1.29 is 14.6 Å². The fourth-order valence-electron chi connectivity index (χ4n) is 3.57. The molecule has 0 aliphatic carbocycles. The zero-order valence-electron chi connectivity index (χ0n) is 16.5. The number of pyridine rings is 1. The van der Waals surface area contributed by atoms with Crippen LogP contribution in [-0.4, -0.2) is 61.5 Å². The number of nitrogens with one attached hydrogen (secondary N) is 1. The van der Waals surface area contributed by atoms with Gasteiger partial charge in [-0.3, -0.25) is 4.68 Å². The van der Waals surface area contributed by atoms with Gasteiger partial charge in [-0.25, -0.2) is 9.78 Å². The van der Waals surface area contributed by atoms with Crippen molar-refractivity contribution in [3.8, 4) is 11.3 Å². The van der Waals surface area contributed by atoms with Crippen molar-refractivity contribution in [1.82, 2.24) is 24.5 Å². The van der Waals surface area contributed by atoms with Gasteiger partial charge >= 0.3 is 6.09 Å². The van der Waals surface area contributed by atoms with Crippen molar-refractivity contribution in [3.63, 3.8) is 0 Å². The topological polar surface area (TPSA) is 110 Å². The Balaban J connectivity index is 1.79. The Morgan fingerprint density at radius 1 is 1.34 bits per heavy atom. The van der Waals surface area contributed by atoms with Crippen LogP contribution in [0.5, 0.6) is 0 Å². The SMILES string of the molecule is Cc1cnn(C)c1-c1cc(Nc2ccnn2C(=O)O)nc(N2CCOCC2C)c1. The summed E-state index contributed by atoms with van der Waals surface area (Å²) in [5.74, 6) is 1.65. The molecule has 0 bridgehead atoms. The average molecular weight is 397 g/mol. The maximum absolute atomic E-state index is 11.4. The second kappa shape index (κ2) is 7.55. The molecule has 1 saturated heterocycles. The van der Waals surface area contributed by atoms with Gasteiger partial charge in [-0.2, -0.15) is 10.2 Å². The van der Waals surface area contributed by atoms with E-state index in [2.05, 4.69) is 27.3 Å². The number of carboxylic acid groups (broad SMARTS) is 1. The van der Waals surface area contributed by atoms with Gasteiger partial charge < -0.3 is 20.1 Å². The molecule has 2 N–H and O–H groups in total. The lowest BCUT2D eigenvalue weighted by atomic mass is 10.1. The number of aromatic nitrogens is 5. The van der Waals surface area contributed by atoms with Crippen LogP contribution >= 0.6 is 0 Å². The molecule has 1 fully saturated rings. The number of ether oxygens (including phenoxy) is 1. The van der Waals surface area contributed by atoms with E-state index in [-0.39, 0.29) is 6.04 Å². The van der Waals surface area contributed by atoms with Crippen LogP contribution in [0.15, 0.2) is 30.6 Å². The number of morpholine rings is 1. The highest BCUT2D eigenvalue weighted by molar-refractivity contribution is 5.75. The van der Waals surface area contributed by atoms with Crippen LogP contribution < -0.4 is 10.2 Å². The predicted molar refractivity (Wildman–Crippen MR) is 108 cm³/mol. The molecule has 0 aromatic carbocycles. The molecule has 3 aromatic rings. The molecule has 4 rings (SSSR count). The van der Waals surface area contributed by atoms with Gasteiger partial charge in [0.1, 0.15) is 17.5 Å². The van der Waals surface area contributed by atoms with E-state index in [9.17, 15) is 9.90 Å². The minimum absolute atomic E-state index is 0.177. The average Bonchev–Trinajstić information content (AvgIpc) is 3.28. The maximum atomic E-state index is 11.4. The van der Waals surface area contributed by atoms with Gasteiger partial charge in [0.05, 0.1) is 37.3 Å². The monoisotopic (exact) mass is 397 g/mol. The Labute approximate surface area is 167 Å². The molecule has 4 heterocycles. The second-order valence-electron chi connectivity index (χ2n) is 7.05. The van der Waals surface area contributed by atoms with Gasteiger partial charge in [0, 0.05) is 25.2 Å². The number of rotatable bonds is 4. The molecule has 0 radical (unpaired) electrons. The molecule has 0 saturated carbocycles. The first-order chi connectivity index (χ1) is 13.9. The third-order valence-electron chi connectivity index (χ3n) is 4.95. The van der Waals surface area contributed by atoms with Crippen molar-refractivity contribution in [2.24, 2.45) is 7.05 Å². The van der Waals surface area contributed by atoms with Gasteiger partial charge in [0.25, 0.3) is 0 Å². The summed E-state index contributed by atoms with van der Waals surface area (Å²) in [6, 6.07) is 5.69. The zero-order chi connectivity index (χ0) is 20.5. The molecule has 0 amide bonds. The van der Waals surface area contributed by atoms with Gasteiger partial charge in [-0.05, 0) is 31.5 Å². The Morgan fingerprint density at radius 3 is 2.86 bits per heavy atom. The second-order valence-corrected chi connectivity index (χ2v) is 7.05. The Hall–Kier alpha value is -3.40. The number of hydrogen-bond acceptors (Lipinski definition) is 7. The minimum atomic E-state index is -1.17. The fraction of sp³-hybridized carbons (Fsp3) is 0.368. The Kier molecular flexibility index (Phi) is 4.93. The zero-order valence-corrected chi connectivity index (χ0v) is 16.5. The van der Waals surface area contributed by atoms with Crippen molar-refractivity contribution in [2.75, 3.05) is 30.0 Å². The highest BCUT2D eigenvalue weighted by Crippen LogP contribution is 2.31. The van der Waals surface area contributed by atoms with E-state index in [1.165, 1.54) is 6.20 Å². The number of anilines is 3. The minimum Gasteiger partial charge on any atom is -0.463 e. The number of carbonyl (C=O) groups is 1.